The molecule has 3 rings (SSSR count). The van der Waals surface area contributed by atoms with Crippen molar-refractivity contribution in [2.45, 2.75) is 71.0 Å². The zero-order valence-electron chi connectivity index (χ0n) is 21.9. The van der Waals surface area contributed by atoms with Crippen LogP contribution in [0.3, 0.4) is 0 Å². The maximum absolute atomic E-state index is 13.4. The Balaban J connectivity index is 2.04. The average molecular weight is 600 g/mol. The standard InChI is InChI=1S/C26H25F9N2O4/c1-4-6-21(38)36(5-2)20-8-7-19(41-26(33,34)35)11-16(20)13-37-14(3)22(40-23(37)39)15-9-17(24(27,28)29)12-18(10-15)25(30,31)32/h7-12,14,22H,4-6,13H2,1-3H3. The molecule has 1 aliphatic heterocycles. The fourth-order valence-electron chi connectivity index (χ4n) is 4.47. The van der Waals surface area contributed by atoms with Crippen molar-refractivity contribution < 1.29 is 58.6 Å². The van der Waals surface area contributed by atoms with E-state index < -0.39 is 65.9 Å². The number of carbonyl (C=O) groups is 2. The molecule has 2 atom stereocenters. The molecule has 41 heavy (non-hydrogen) atoms. The second-order valence-corrected chi connectivity index (χ2v) is 9.24. The number of nitrogens with zero attached hydrogens (tertiary/aromatic N) is 2. The van der Waals surface area contributed by atoms with Gasteiger partial charge in [-0.2, -0.15) is 26.3 Å². The predicted octanol–water partition coefficient (Wildman–Crippen LogP) is 7.86. The Morgan fingerprint density at radius 2 is 1.54 bits per heavy atom. The van der Waals surface area contributed by atoms with Crippen molar-refractivity contribution >= 4 is 17.7 Å². The molecule has 2 unspecified atom stereocenters. The van der Waals surface area contributed by atoms with Crippen molar-refractivity contribution in [1.29, 1.82) is 0 Å². The van der Waals surface area contributed by atoms with E-state index in [1.54, 1.807) is 13.8 Å². The first kappa shape index (κ1) is 31.9. The zero-order valence-corrected chi connectivity index (χ0v) is 21.9. The zero-order chi connectivity index (χ0) is 30.9. The topological polar surface area (TPSA) is 59.1 Å². The molecule has 1 heterocycles. The first-order valence-electron chi connectivity index (χ1n) is 12.3. The molecule has 15 heteroatoms. The van der Waals surface area contributed by atoms with Crippen LogP contribution in [-0.4, -0.2) is 35.8 Å². The summed E-state index contributed by atoms with van der Waals surface area (Å²) >= 11 is 0. The highest BCUT2D eigenvalue weighted by Crippen LogP contribution is 2.42. The highest BCUT2D eigenvalue weighted by atomic mass is 19.4. The van der Waals surface area contributed by atoms with Gasteiger partial charge < -0.3 is 14.4 Å². The van der Waals surface area contributed by atoms with Crippen LogP contribution >= 0.6 is 0 Å². The van der Waals surface area contributed by atoms with E-state index in [4.69, 9.17) is 4.74 Å². The van der Waals surface area contributed by atoms with Crippen LogP contribution in [0.2, 0.25) is 0 Å². The summed E-state index contributed by atoms with van der Waals surface area (Å²) < 4.78 is 128. The summed E-state index contributed by atoms with van der Waals surface area (Å²) in [5, 5.41) is 0. The Labute approximate surface area is 228 Å². The maximum atomic E-state index is 13.4. The van der Waals surface area contributed by atoms with Gasteiger partial charge in [0.1, 0.15) is 11.9 Å². The Morgan fingerprint density at radius 1 is 0.951 bits per heavy atom. The summed E-state index contributed by atoms with van der Waals surface area (Å²) in [6.45, 7) is 4.28. The SMILES string of the molecule is CCCC(=O)N(CC)c1ccc(OC(F)(F)F)cc1CN1C(=O)OC(c2cc(C(F)(F)F)cc(C(F)(F)F)c2)C1C. The highest BCUT2D eigenvalue weighted by Gasteiger charge is 2.43. The molecule has 6 nitrogen and oxygen atoms in total. The molecule has 0 spiro atoms. The van der Waals surface area contributed by atoms with Gasteiger partial charge in [-0.05, 0) is 67.8 Å². The number of anilines is 1. The lowest BCUT2D eigenvalue weighted by Crippen LogP contribution is -2.34. The van der Waals surface area contributed by atoms with Crippen molar-refractivity contribution in [1.82, 2.24) is 4.90 Å². The lowest BCUT2D eigenvalue weighted by atomic mass is 9.97. The Morgan fingerprint density at radius 3 is 2.02 bits per heavy atom. The van der Waals surface area contributed by atoms with E-state index in [0.717, 1.165) is 17.0 Å². The molecule has 0 bridgehead atoms. The third-order valence-corrected chi connectivity index (χ3v) is 6.33. The lowest BCUT2D eigenvalue weighted by molar-refractivity contribution is -0.274. The number of hydrogen-bond donors (Lipinski definition) is 0. The van der Waals surface area contributed by atoms with Crippen molar-refractivity contribution in [2.24, 2.45) is 0 Å². The number of rotatable bonds is 8. The lowest BCUT2D eigenvalue weighted by Gasteiger charge is -2.27. The summed E-state index contributed by atoms with van der Waals surface area (Å²) in [6.07, 6.45) is -17.5. The summed E-state index contributed by atoms with van der Waals surface area (Å²) in [5.41, 5.74) is -3.63. The normalized spacial score (nSPS) is 18.0. The van der Waals surface area contributed by atoms with Gasteiger partial charge in [-0.3, -0.25) is 9.69 Å². The number of ether oxygens (including phenoxy) is 2. The van der Waals surface area contributed by atoms with Gasteiger partial charge >= 0.3 is 24.8 Å². The number of amides is 2. The molecule has 0 aromatic heterocycles. The number of hydrogen-bond acceptors (Lipinski definition) is 4. The second-order valence-electron chi connectivity index (χ2n) is 9.24. The van der Waals surface area contributed by atoms with Crippen molar-refractivity contribution in [3.05, 3.63) is 58.7 Å². The molecule has 1 saturated heterocycles. The van der Waals surface area contributed by atoms with Gasteiger partial charge in [-0.1, -0.05) is 6.92 Å². The van der Waals surface area contributed by atoms with Gasteiger partial charge in [0.05, 0.1) is 23.7 Å². The summed E-state index contributed by atoms with van der Waals surface area (Å²) in [5.74, 6) is -1.03. The molecule has 226 valence electrons. The first-order valence-corrected chi connectivity index (χ1v) is 12.3. The van der Waals surface area contributed by atoms with Gasteiger partial charge in [0.2, 0.25) is 5.91 Å². The van der Waals surface area contributed by atoms with Crippen LogP contribution in [0.25, 0.3) is 0 Å². The molecule has 2 amide bonds. The third-order valence-electron chi connectivity index (χ3n) is 6.33. The van der Waals surface area contributed by atoms with E-state index in [-0.39, 0.29) is 36.2 Å². The Hall–Kier alpha value is -3.65. The quantitative estimate of drug-likeness (QED) is 0.290. The number of halogens is 9. The van der Waals surface area contributed by atoms with E-state index in [2.05, 4.69) is 4.74 Å². The van der Waals surface area contributed by atoms with Crippen molar-refractivity contribution in [3.63, 3.8) is 0 Å². The average Bonchev–Trinajstić information content (AvgIpc) is 3.12. The fraction of sp³-hybridized carbons (Fsp3) is 0.462. The molecule has 0 radical (unpaired) electrons. The highest BCUT2D eigenvalue weighted by molar-refractivity contribution is 5.94. The van der Waals surface area contributed by atoms with Crippen molar-refractivity contribution in [2.75, 3.05) is 11.4 Å². The van der Waals surface area contributed by atoms with Crippen LogP contribution in [0, 0.1) is 0 Å². The largest absolute Gasteiger partial charge is 0.573 e. The number of benzene rings is 2. The smallest absolute Gasteiger partial charge is 0.439 e. The fourth-order valence-corrected chi connectivity index (χ4v) is 4.47. The third kappa shape index (κ3) is 7.55. The van der Waals surface area contributed by atoms with Crippen LogP contribution in [0.5, 0.6) is 5.75 Å². The van der Waals surface area contributed by atoms with Gasteiger partial charge in [-0.15, -0.1) is 13.2 Å². The van der Waals surface area contributed by atoms with Crippen LogP contribution in [-0.2, 0) is 28.4 Å². The van der Waals surface area contributed by atoms with Crippen molar-refractivity contribution in [3.8, 4) is 5.75 Å². The van der Waals surface area contributed by atoms with Crippen LogP contribution in [0.4, 0.5) is 50.0 Å². The minimum atomic E-state index is -5.13. The molecule has 0 saturated carbocycles. The predicted molar refractivity (Wildman–Crippen MR) is 127 cm³/mol. The summed E-state index contributed by atoms with van der Waals surface area (Å²) in [6, 6.07) is 2.78. The number of cyclic esters (lactones) is 1. The van der Waals surface area contributed by atoms with Crippen LogP contribution in [0.1, 0.15) is 62.0 Å². The Kier molecular flexibility index (Phi) is 9.08. The Bertz CT molecular complexity index is 1240. The molecule has 1 fully saturated rings. The van der Waals surface area contributed by atoms with E-state index in [9.17, 15) is 49.1 Å². The molecule has 2 aromatic carbocycles. The van der Waals surface area contributed by atoms with Gasteiger partial charge in [-0.25, -0.2) is 4.79 Å². The van der Waals surface area contributed by atoms with E-state index in [0.29, 0.717) is 18.6 Å². The summed E-state index contributed by atoms with van der Waals surface area (Å²) in [4.78, 5) is 27.7. The molecule has 0 aliphatic carbocycles. The summed E-state index contributed by atoms with van der Waals surface area (Å²) in [7, 11) is 0. The number of carbonyl (C=O) groups excluding carboxylic acids is 2. The molecule has 2 aromatic rings. The van der Waals surface area contributed by atoms with Gasteiger partial charge in [0.25, 0.3) is 0 Å². The molecule has 0 N–H and O–H groups in total. The minimum absolute atomic E-state index is 0.00234. The van der Waals surface area contributed by atoms with Crippen LogP contribution in [0.15, 0.2) is 36.4 Å². The molecular weight excluding hydrogens is 575 g/mol. The van der Waals surface area contributed by atoms with Crippen LogP contribution < -0.4 is 9.64 Å². The van der Waals surface area contributed by atoms with E-state index in [1.807, 2.05) is 0 Å². The van der Waals surface area contributed by atoms with Gasteiger partial charge in [0, 0.05) is 18.7 Å². The maximum Gasteiger partial charge on any atom is 0.573 e. The van der Waals surface area contributed by atoms with Gasteiger partial charge in [0.15, 0.2) is 0 Å². The minimum Gasteiger partial charge on any atom is -0.439 e. The monoisotopic (exact) mass is 600 g/mol. The molecule has 1 aliphatic rings. The second kappa shape index (κ2) is 11.7. The molecular formula is C26H25F9N2O4. The number of alkyl halides is 9. The van der Waals surface area contributed by atoms with E-state index in [1.165, 1.54) is 17.9 Å². The van der Waals surface area contributed by atoms with E-state index >= 15 is 0 Å². The first-order chi connectivity index (χ1) is 18.9.